The smallest absolute Gasteiger partial charge is 0.203 e. The van der Waals surface area contributed by atoms with Crippen molar-refractivity contribution in [1.29, 1.82) is 0 Å². The molecule has 0 spiro atoms. The monoisotopic (exact) mass is 544 g/mol. The van der Waals surface area contributed by atoms with Crippen LogP contribution in [-0.2, 0) is 25.7 Å². The summed E-state index contributed by atoms with van der Waals surface area (Å²) in [6, 6.07) is 23.3. The van der Waals surface area contributed by atoms with Crippen LogP contribution >= 0.6 is 0 Å². The third-order valence-corrected chi connectivity index (χ3v) is 6.69. The summed E-state index contributed by atoms with van der Waals surface area (Å²) in [4.78, 5) is 0. The SMILES string of the molecule is COc1cccc(CCc2cc(OC)cc(Oc3cc(CCc4ccc(OC)c(OC)c4)cc(O)c3OC)c2)c1. The fourth-order valence-electron chi connectivity index (χ4n) is 4.59. The van der Waals surface area contributed by atoms with E-state index in [1.165, 1.54) is 12.7 Å². The molecule has 0 saturated carbocycles. The summed E-state index contributed by atoms with van der Waals surface area (Å²) in [5.74, 6) is 4.20. The summed E-state index contributed by atoms with van der Waals surface area (Å²) in [7, 11) is 8.05. The Kier molecular flexibility index (Phi) is 9.62. The zero-order valence-corrected chi connectivity index (χ0v) is 23.7. The van der Waals surface area contributed by atoms with E-state index in [0.717, 1.165) is 41.7 Å². The molecule has 0 aliphatic heterocycles. The summed E-state index contributed by atoms with van der Waals surface area (Å²) in [6.45, 7) is 0. The molecule has 0 amide bonds. The standard InChI is InChI=1S/C33H36O7/c1-35-26-8-6-7-22(15-26)9-11-24-16-27(36-2)21-28(17-24)40-32-20-25(18-29(34)33(32)39-5)12-10-23-13-14-30(37-3)31(19-23)38-4/h6-8,13-21,34H,9-12H2,1-5H3. The predicted octanol–water partition coefficient (Wildman–Crippen LogP) is 6.80. The molecule has 7 nitrogen and oxygen atoms in total. The first kappa shape index (κ1) is 28.5. The molecule has 0 aliphatic rings. The van der Waals surface area contributed by atoms with E-state index in [2.05, 4.69) is 6.07 Å². The van der Waals surface area contributed by atoms with E-state index >= 15 is 0 Å². The zero-order chi connectivity index (χ0) is 28.5. The minimum Gasteiger partial charge on any atom is -0.504 e. The van der Waals surface area contributed by atoms with Gasteiger partial charge >= 0.3 is 0 Å². The van der Waals surface area contributed by atoms with Gasteiger partial charge in [0.25, 0.3) is 0 Å². The van der Waals surface area contributed by atoms with Crippen LogP contribution in [0.3, 0.4) is 0 Å². The van der Waals surface area contributed by atoms with Crippen LogP contribution in [0, 0.1) is 0 Å². The molecular formula is C33H36O7. The summed E-state index contributed by atoms with van der Waals surface area (Å²) in [5.41, 5.74) is 4.23. The molecule has 210 valence electrons. The number of rotatable bonds is 13. The zero-order valence-electron chi connectivity index (χ0n) is 23.7. The van der Waals surface area contributed by atoms with Gasteiger partial charge in [-0.05, 0) is 96.5 Å². The molecule has 0 unspecified atom stereocenters. The van der Waals surface area contributed by atoms with Crippen molar-refractivity contribution < 1.29 is 33.5 Å². The normalized spacial score (nSPS) is 10.6. The third-order valence-electron chi connectivity index (χ3n) is 6.69. The predicted molar refractivity (Wildman–Crippen MR) is 155 cm³/mol. The van der Waals surface area contributed by atoms with Gasteiger partial charge in [-0.15, -0.1) is 0 Å². The second-order valence-corrected chi connectivity index (χ2v) is 9.31. The first-order chi connectivity index (χ1) is 19.5. The van der Waals surface area contributed by atoms with E-state index in [4.69, 9.17) is 28.4 Å². The van der Waals surface area contributed by atoms with Gasteiger partial charge in [0.1, 0.15) is 17.2 Å². The maximum absolute atomic E-state index is 10.7. The Morgan fingerprint density at radius 2 is 1.07 bits per heavy atom. The van der Waals surface area contributed by atoms with Crippen molar-refractivity contribution >= 4 is 0 Å². The van der Waals surface area contributed by atoms with E-state index in [0.29, 0.717) is 35.2 Å². The quantitative estimate of drug-likeness (QED) is 0.198. The van der Waals surface area contributed by atoms with Crippen molar-refractivity contribution in [1.82, 2.24) is 0 Å². The molecule has 1 N–H and O–H groups in total. The lowest BCUT2D eigenvalue weighted by Crippen LogP contribution is -1.98. The molecule has 0 fully saturated rings. The maximum Gasteiger partial charge on any atom is 0.203 e. The van der Waals surface area contributed by atoms with Crippen LogP contribution in [0.25, 0.3) is 0 Å². The first-order valence-electron chi connectivity index (χ1n) is 13.1. The Balaban J connectivity index is 1.54. The van der Waals surface area contributed by atoms with Gasteiger partial charge in [0.2, 0.25) is 5.75 Å². The van der Waals surface area contributed by atoms with E-state index in [1.54, 1.807) is 34.5 Å². The van der Waals surface area contributed by atoms with Gasteiger partial charge < -0.3 is 33.5 Å². The average Bonchev–Trinajstić information content (AvgIpc) is 2.98. The molecule has 0 radical (unpaired) electrons. The van der Waals surface area contributed by atoms with E-state index in [9.17, 15) is 5.11 Å². The molecule has 4 aromatic carbocycles. The Morgan fingerprint density at radius 1 is 0.475 bits per heavy atom. The van der Waals surface area contributed by atoms with Crippen molar-refractivity contribution in [3.05, 3.63) is 95.1 Å². The van der Waals surface area contributed by atoms with Crippen LogP contribution in [0.15, 0.2) is 72.8 Å². The highest BCUT2D eigenvalue weighted by Crippen LogP contribution is 2.41. The molecule has 0 atom stereocenters. The molecule has 0 aromatic heterocycles. The number of aromatic hydroxyl groups is 1. The third kappa shape index (κ3) is 7.11. The number of benzene rings is 4. The maximum atomic E-state index is 10.7. The second kappa shape index (κ2) is 13.5. The Hall–Kier alpha value is -4.52. The number of phenols is 1. The number of hydrogen-bond acceptors (Lipinski definition) is 7. The average molecular weight is 545 g/mol. The van der Waals surface area contributed by atoms with Crippen LogP contribution in [0.5, 0.6) is 46.0 Å². The highest BCUT2D eigenvalue weighted by atomic mass is 16.5. The van der Waals surface area contributed by atoms with Crippen LogP contribution in [0.2, 0.25) is 0 Å². The molecule has 0 aliphatic carbocycles. The summed E-state index contributed by atoms with van der Waals surface area (Å²) in [6.07, 6.45) is 3.03. The largest absolute Gasteiger partial charge is 0.504 e. The second-order valence-electron chi connectivity index (χ2n) is 9.31. The van der Waals surface area contributed by atoms with E-state index in [-0.39, 0.29) is 11.5 Å². The molecule has 0 bridgehead atoms. The number of methoxy groups -OCH3 is 5. The lowest BCUT2D eigenvalue weighted by atomic mass is 10.0. The molecule has 40 heavy (non-hydrogen) atoms. The Labute approximate surface area is 235 Å². The molecule has 4 rings (SSSR count). The lowest BCUT2D eigenvalue weighted by molar-refractivity contribution is 0.347. The van der Waals surface area contributed by atoms with Gasteiger partial charge in [0.05, 0.1) is 35.5 Å². The fraction of sp³-hybridized carbons (Fsp3) is 0.273. The van der Waals surface area contributed by atoms with Crippen molar-refractivity contribution in [2.24, 2.45) is 0 Å². The highest BCUT2D eigenvalue weighted by Gasteiger charge is 2.15. The number of ether oxygens (including phenoxy) is 6. The van der Waals surface area contributed by atoms with Crippen LogP contribution < -0.4 is 28.4 Å². The van der Waals surface area contributed by atoms with Gasteiger partial charge in [0, 0.05) is 6.07 Å². The fourth-order valence-corrected chi connectivity index (χ4v) is 4.59. The Bertz CT molecular complexity index is 1430. The Morgan fingerprint density at radius 3 is 1.75 bits per heavy atom. The van der Waals surface area contributed by atoms with Gasteiger partial charge in [-0.3, -0.25) is 0 Å². The van der Waals surface area contributed by atoms with Crippen LogP contribution in [0.4, 0.5) is 0 Å². The van der Waals surface area contributed by atoms with E-state index in [1.807, 2.05) is 60.7 Å². The highest BCUT2D eigenvalue weighted by molar-refractivity contribution is 5.55. The van der Waals surface area contributed by atoms with Gasteiger partial charge in [0.15, 0.2) is 23.0 Å². The van der Waals surface area contributed by atoms with Gasteiger partial charge in [-0.1, -0.05) is 18.2 Å². The minimum absolute atomic E-state index is 0.0171. The topological polar surface area (TPSA) is 75.6 Å². The van der Waals surface area contributed by atoms with Crippen molar-refractivity contribution in [3.63, 3.8) is 0 Å². The number of hydrogen-bond donors (Lipinski definition) is 1. The van der Waals surface area contributed by atoms with Crippen molar-refractivity contribution in [2.75, 3.05) is 35.5 Å². The minimum atomic E-state index is 0.0171. The molecule has 7 heteroatoms. The van der Waals surface area contributed by atoms with Crippen molar-refractivity contribution in [2.45, 2.75) is 25.7 Å². The summed E-state index contributed by atoms with van der Waals surface area (Å²) < 4.78 is 33.4. The van der Waals surface area contributed by atoms with Crippen LogP contribution in [0.1, 0.15) is 22.3 Å². The summed E-state index contributed by atoms with van der Waals surface area (Å²) >= 11 is 0. The molecular weight excluding hydrogens is 508 g/mol. The molecule has 4 aromatic rings. The van der Waals surface area contributed by atoms with Crippen LogP contribution in [-0.4, -0.2) is 40.7 Å². The lowest BCUT2D eigenvalue weighted by Gasteiger charge is -2.16. The molecule has 0 saturated heterocycles. The van der Waals surface area contributed by atoms with E-state index < -0.39 is 0 Å². The van der Waals surface area contributed by atoms with Gasteiger partial charge in [-0.25, -0.2) is 0 Å². The molecule has 0 heterocycles. The van der Waals surface area contributed by atoms with Crippen molar-refractivity contribution in [3.8, 4) is 46.0 Å². The number of phenolic OH excluding ortho intramolecular Hbond substituents is 1. The summed E-state index contributed by atoms with van der Waals surface area (Å²) in [5, 5.41) is 10.7. The first-order valence-corrected chi connectivity index (χ1v) is 13.1. The number of aryl methyl sites for hydroxylation is 4. The van der Waals surface area contributed by atoms with Gasteiger partial charge in [-0.2, -0.15) is 0 Å².